The first-order valence-corrected chi connectivity index (χ1v) is 6.28. The minimum atomic E-state index is -0.0303. The standard InChI is InChI=1S/C13H20N2O3.ClH/c1-14-10-4-3-7-15(8-10)13(16)12-6-5-11(18-12)9-17-2;/h5-6,10,14H,3-4,7-9H2,1-2H3;1H. The second-order valence-electron chi connectivity index (χ2n) is 4.58. The molecular formula is C13H21ClN2O3. The fraction of sp³-hybridized carbons (Fsp3) is 0.615. The molecule has 1 aromatic heterocycles. The molecule has 0 radical (unpaired) electrons. The number of nitrogens with zero attached hydrogens (tertiary/aromatic N) is 1. The number of carbonyl (C=O) groups is 1. The Labute approximate surface area is 119 Å². The van der Waals surface area contributed by atoms with Crippen LogP contribution in [0, 0.1) is 0 Å². The van der Waals surface area contributed by atoms with E-state index >= 15 is 0 Å². The van der Waals surface area contributed by atoms with Crippen molar-refractivity contribution in [3.63, 3.8) is 0 Å². The van der Waals surface area contributed by atoms with E-state index in [9.17, 15) is 4.79 Å². The lowest BCUT2D eigenvalue weighted by Gasteiger charge is -2.31. The van der Waals surface area contributed by atoms with Crippen molar-refractivity contribution in [3.8, 4) is 0 Å². The van der Waals surface area contributed by atoms with Crippen LogP contribution in [-0.2, 0) is 11.3 Å². The first-order valence-electron chi connectivity index (χ1n) is 6.28. The molecule has 0 saturated carbocycles. The minimum absolute atomic E-state index is 0. The van der Waals surface area contributed by atoms with Crippen LogP contribution < -0.4 is 5.32 Å². The summed E-state index contributed by atoms with van der Waals surface area (Å²) in [4.78, 5) is 14.1. The van der Waals surface area contributed by atoms with E-state index < -0.39 is 0 Å². The zero-order valence-corrected chi connectivity index (χ0v) is 12.2. The van der Waals surface area contributed by atoms with Gasteiger partial charge >= 0.3 is 0 Å². The lowest BCUT2D eigenvalue weighted by atomic mass is 10.1. The molecule has 0 bridgehead atoms. The van der Waals surface area contributed by atoms with Crippen LogP contribution >= 0.6 is 12.4 Å². The molecule has 1 aromatic rings. The van der Waals surface area contributed by atoms with Gasteiger partial charge < -0.3 is 19.4 Å². The summed E-state index contributed by atoms with van der Waals surface area (Å²) in [5.74, 6) is 1.05. The number of likely N-dealkylation sites (N-methyl/N-ethyl adjacent to an activating group) is 1. The molecule has 108 valence electrons. The molecule has 1 fully saturated rings. The molecular weight excluding hydrogens is 268 g/mol. The highest BCUT2D eigenvalue weighted by Gasteiger charge is 2.25. The molecule has 1 unspecified atom stereocenters. The summed E-state index contributed by atoms with van der Waals surface area (Å²) in [7, 11) is 3.54. The van der Waals surface area contributed by atoms with E-state index in [1.54, 1.807) is 19.2 Å². The maximum absolute atomic E-state index is 12.2. The molecule has 1 aliphatic rings. The van der Waals surface area contributed by atoms with Crippen LogP contribution in [0.1, 0.15) is 29.2 Å². The number of nitrogens with one attached hydrogen (secondary N) is 1. The van der Waals surface area contributed by atoms with Crippen molar-refractivity contribution in [2.24, 2.45) is 0 Å². The zero-order valence-electron chi connectivity index (χ0n) is 11.3. The van der Waals surface area contributed by atoms with E-state index in [2.05, 4.69) is 5.32 Å². The summed E-state index contributed by atoms with van der Waals surface area (Å²) >= 11 is 0. The maximum Gasteiger partial charge on any atom is 0.289 e. The van der Waals surface area contributed by atoms with Gasteiger partial charge in [-0.1, -0.05) is 0 Å². The Morgan fingerprint density at radius 3 is 3.05 bits per heavy atom. The predicted octanol–water partition coefficient (Wildman–Crippen LogP) is 1.67. The van der Waals surface area contributed by atoms with Crippen LogP contribution in [0.4, 0.5) is 0 Å². The molecule has 0 spiro atoms. The number of furan rings is 1. The number of methoxy groups -OCH3 is 1. The van der Waals surface area contributed by atoms with Crippen LogP contribution in [0.15, 0.2) is 16.5 Å². The molecule has 0 aliphatic carbocycles. The van der Waals surface area contributed by atoms with Crippen molar-refractivity contribution in [2.75, 3.05) is 27.2 Å². The van der Waals surface area contributed by atoms with E-state index in [0.29, 0.717) is 24.2 Å². The predicted molar refractivity (Wildman–Crippen MR) is 74.7 cm³/mol. The highest BCUT2D eigenvalue weighted by molar-refractivity contribution is 5.91. The SMILES string of the molecule is CNC1CCCN(C(=O)c2ccc(COC)o2)C1.Cl. The lowest BCUT2D eigenvalue weighted by Crippen LogP contribution is -2.46. The van der Waals surface area contributed by atoms with E-state index in [0.717, 1.165) is 25.9 Å². The first-order chi connectivity index (χ1) is 8.74. The van der Waals surface area contributed by atoms with Crippen LogP contribution in [0.5, 0.6) is 0 Å². The van der Waals surface area contributed by atoms with Gasteiger partial charge in [-0.05, 0) is 32.0 Å². The van der Waals surface area contributed by atoms with E-state index in [4.69, 9.17) is 9.15 Å². The van der Waals surface area contributed by atoms with Crippen molar-refractivity contribution in [3.05, 3.63) is 23.7 Å². The van der Waals surface area contributed by atoms with Gasteiger partial charge in [0.15, 0.2) is 5.76 Å². The van der Waals surface area contributed by atoms with Gasteiger partial charge in [-0.3, -0.25) is 4.79 Å². The Kier molecular flexibility index (Phi) is 6.34. The lowest BCUT2D eigenvalue weighted by molar-refractivity contribution is 0.0659. The normalized spacial score (nSPS) is 19.1. The maximum atomic E-state index is 12.2. The number of amides is 1. The molecule has 19 heavy (non-hydrogen) atoms. The Morgan fingerprint density at radius 2 is 2.37 bits per heavy atom. The molecule has 1 saturated heterocycles. The second-order valence-corrected chi connectivity index (χ2v) is 4.58. The van der Waals surface area contributed by atoms with Gasteiger partial charge in [0, 0.05) is 26.2 Å². The first kappa shape index (κ1) is 16.0. The highest BCUT2D eigenvalue weighted by Crippen LogP contribution is 2.16. The third-order valence-electron chi connectivity index (χ3n) is 3.28. The van der Waals surface area contributed by atoms with Crippen molar-refractivity contribution in [1.82, 2.24) is 10.2 Å². The summed E-state index contributed by atoms with van der Waals surface area (Å²) in [5.41, 5.74) is 0. The van der Waals surface area contributed by atoms with E-state index in [-0.39, 0.29) is 18.3 Å². The van der Waals surface area contributed by atoms with Gasteiger partial charge in [0.05, 0.1) is 0 Å². The van der Waals surface area contributed by atoms with Gasteiger partial charge in [0.2, 0.25) is 0 Å². The Balaban J connectivity index is 0.00000180. The van der Waals surface area contributed by atoms with E-state index in [1.807, 2.05) is 11.9 Å². The minimum Gasteiger partial charge on any atom is -0.453 e. The molecule has 1 aliphatic heterocycles. The second kappa shape index (κ2) is 7.53. The number of carbonyl (C=O) groups excluding carboxylic acids is 1. The molecule has 0 aromatic carbocycles. The third kappa shape index (κ3) is 3.96. The van der Waals surface area contributed by atoms with Crippen LogP contribution in [0.3, 0.4) is 0 Å². The average molecular weight is 289 g/mol. The van der Waals surface area contributed by atoms with Crippen LogP contribution in [0.25, 0.3) is 0 Å². The number of ether oxygens (including phenoxy) is 1. The fourth-order valence-corrected chi connectivity index (χ4v) is 2.27. The Morgan fingerprint density at radius 1 is 1.58 bits per heavy atom. The van der Waals surface area contributed by atoms with Crippen LogP contribution in [-0.4, -0.2) is 44.1 Å². The quantitative estimate of drug-likeness (QED) is 0.916. The third-order valence-corrected chi connectivity index (χ3v) is 3.28. The number of halogens is 1. The largest absolute Gasteiger partial charge is 0.453 e. The smallest absolute Gasteiger partial charge is 0.289 e. The van der Waals surface area contributed by atoms with E-state index in [1.165, 1.54) is 0 Å². The summed E-state index contributed by atoms with van der Waals surface area (Å²) in [6.07, 6.45) is 2.15. The van der Waals surface area contributed by atoms with Crippen molar-refractivity contribution < 1.29 is 13.9 Å². The van der Waals surface area contributed by atoms with Crippen molar-refractivity contribution in [1.29, 1.82) is 0 Å². The van der Waals surface area contributed by atoms with Gasteiger partial charge in [-0.2, -0.15) is 0 Å². The summed E-state index contributed by atoms with van der Waals surface area (Å²) in [6, 6.07) is 3.90. The summed E-state index contributed by atoms with van der Waals surface area (Å²) in [5, 5.41) is 3.22. The number of piperidine rings is 1. The Bertz CT molecular complexity index is 408. The summed E-state index contributed by atoms with van der Waals surface area (Å²) in [6.45, 7) is 1.94. The van der Waals surface area contributed by atoms with Gasteiger partial charge in [-0.15, -0.1) is 12.4 Å². The number of likely N-dealkylation sites (tertiary alicyclic amines) is 1. The molecule has 1 atom stereocenters. The molecule has 2 heterocycles. The molecule has 2 rings (SSSR count). The fourth-order valence-electron chi connectivity index (χ4n) is 2.27. The van der Waals surface area contributed by atoms with Gasteiger partial charge in [-0.25, -0.2) is 0 Å². The molecule has 6 heteroatoms. The Hall–Kier alpha value is -1.04. The number of hydrogen-bond donors (Lipinski definition) is 1. The van der Waals surface area contributed by atoms with Crippen molar-refractivity contribution >= 4 is 18.3 Å². The molecule has 5 nitrogen and oxygen atoms in total. The topological polar surface area (TPSA) is 54.7 Å². The highest BCUT2D eigenvalue weighted by atomic mass is 35.5. The van der Waals surface area contributed by atoms with Crippen molar-refractivity contribution in [2.45, 2.75) is 25.5 Å². The average Bonchev–Trinajstić information content (AvgIpc) is 2.87. The number of hydrogen-bond acceptors (Lipinski definition) is 4. The van der Waals surface area contributed by atoms with Gasteiger partial charge in [0.25, 0.3) is 5.91 Å². The monoisotopic (exact) mass is 288 g/mol. The molecule has 1 N–H and O–H groups in total. The number of rotatable bonds is 4. The van der Waals surface area contributed by atoms with Crippen LogP contribution in [0.2, 0.25) is 0 Å². The summed E-state index contributed by atoms with van der Waals surface area (Å²) < 4.78 is 10.4. The molecule has 1 amide bonds. The zero-order chi connectivity index (χ0) is 13.0. The van der Waals surface area contributed by atoms with Gasteiger partial charge in [0.1, 0.15) is 12.4 Å².